The van der Waals surface area contributed by atoms with Gasteiger partial charge >= 0.3 is 0 Å². The van der Waals surface area contributed by atoms with Crippen LogP contribution in [-0.4, -0.2) is 12.5 Å². The Bertz CT molecular complexity index is 1190. The number of anilines is 1. The lowest BCUT2D eigenvalue weighted by molar-refractivity contribution is 0.102. The Labute approximate surface area is 155 Å². The molecule has 2 N–H and O–H groups in total. The Hall–Kier alpha value is -3.60. The van der Waals surface area contributed by atoms with E-state index in [2.05, 4.69) is 5.32 Å². The molecule has 0 atom stereocenters. The molecular weight excluding hydrogens is 340 g/mol. The molecule has 1 aromatic heterocycles. The normalized spacial score (nSPS) is 10.9. The van der Waals surface area contributed by atoms with Crippen molar-refractivity contribution >= 4 is 33.3 Å². The van der Waals surface area contributed by atoms with Crippen molar-refractivity contribution in [1.82, 2.24) is 0 Å². The molecule has 0 fully saturated rings. The first-order valence-corrected chi connectivity index (χ1v) is 8.70. The number of rotatable bonds is 4. The summed E-state index contributed by atoms with van der Waals surface area (Å²) in [5, 5.41) is 13.7. The molecule has 0 aliphatic heterocycles. The molecule has 1 amide bonds. The highest BCUT2D eigenvalue weighted by atomic mass is 16.5. The summed E-state index contributed by atoms with van der Waals surface area (Å²) >= 11 is 0. The summed E-state index contributed by atoms with van der Waals surface area (Å²) in [6.07, 6.45) is 0. The van der Waals surface area contributed by atoms with E-state index in [4.69, 9.17) is 14.6 Å². The molecule has 0 unspecified atom stereocenters. The van der Waals surface area contributed by atoms with E-state index in [1.54, 1.807) is 30.3 Å². The number of carbonyl (C=O) groups excluding carboxylic acids is 1. The molecule has 5 heteroatoms. The molecule has 0 spiro atoms. The predicted octanol–water partition coefficient (Wildman–Crippen LogP) is 4.72. The second-order valence-corrected chi connectivity index (χ2v) is 6.10. The van der Waals surface area contributed by atoms with Gasteiger partial charge in [-0.3, -0.25) is 10.2 Å². The first kappa shape index (κ1) is 16.8. The van der Waals surface area contributed by atoms with Gasteiger partial charge in [0.05, 0.1) is 6.61 Å². The molecule has 0 saturated heterocycles. The molecule has 3 aromatic carbocycles. The highest BCUT2D eigenvalue weighted by molar-refractivity contribution is 6.10. The molecule has 0 aliphatic rings. The number of hydrogen-bond acceptors (Lipinski definition) is 4. The van der Waals surface area contributed by atoms with Gasteiger partial charge in [0.25, 0.3) is 5.91 Å². The zero-order valence-corrected chi connectivity index (χ0v) is 14.8. The molecule has 0 saturated carbocycles. The number of ether oxygens (including phenoxy) is 1. The fraction of sp³-hybridized carbons (Fsp3) is 0.0909. The molecule has 1 heterocycles. The quantitative estimate of drug-likeness (QED) is 0.519. The summed E-state index contributed by atoms with van der Waals surface area (Å²) in [5.41, 5.74) is 1.23. The Morgan fingerprint density at radius 3 is 2.59 bits per heavy atom. The van der Waals surface area contributed by atoms with Crippen LogP contribution in [0.2, 0.25) is 0 Å². The second kappa shape index (κ2) is 6.96. The Balaban J connectivity index is 1.71. The summed E-state index contributed by atoms with van der Waals surface area (Å²) in [7, 11) is 0. The number of benzene rings is 3. The maximum absolute atomic E-state index is 12.7. The van der Waals surface area contributed by atoms with Gasteiger partial charge in [0.2, 0.25) is 5.55 Å². The fourth-order valence-electron chi connectivity index (χ4n) is 3.06. The molecule has 5 nitrogen and oxygen atoms in total. The van der Waals surface area contributed by atoms with Gasteiger partial charge in [0, 0.05) is 11.1 Å². The third kappa shape index (κ3) is 3.27. The van der Waals surface area contributed by atoms with Crippen molar-refractivity contribution in [3.63, 3.8) is 0 Å². The Morgan fingerprint density at radius 2 is 1.81 bits per heavy atom. The van der Waals surface area contributed by atoms with Gasteiger partial charge in [-0.1, -0.05) is 30.3 Å². The van der Waals surface area contributed by atoms with Crippen LogP contribution in [0.15, 0.2) is 71.1 Å². The van der Waals surface area contributed by atoms with E-state index in [1.807, 2.05) is 43.3 Å². The van der Waals surface area contributed by atoms with Gasteiger partial charge < -0.3 is 14.5 Å². The minimum atomic E-state index is -0.386. The van der Waals surface area contributed by atoms with Gasteiger partial charge in [-0.25, -0.2) is 0 Å². The average molecular weight is 358 g/mol. The van der Waals surface area contributed by atoms with Crippen LogP contribution in [0.3, 0.4) is 0 Å². The van der Waals surface area contributed by atoms with E-state index >= 15 is 0 Å². The van der Waals surface area contributed by atoms with Crippen LogP contribution in [0.4, 0.5) is 5.69 Å². The minimum absolute atomic E-state index is 0.166. The van der Waals surface area contributed by atoms with Crippen molar-refractivity contribution < 1.29 is 13.9 Å². The van der Waals surface area contributed by atoms with Crippen molar-refractivity contribution in [3.8, 4) is 5.75 Å². The van der Waals surface area contributed by atoms with Crippen molar-refractivity contribution in [3.05, 3.63) is 77.8 Å². The van der Waals surface area contributed by atoms with Gasteiger partial charge in [0.1, 0.15) is 16.9 Å². The molecular formula is C22H18N2O3. The van der Waals surface area contributed by atoms with E-state index in [-0.39, 0.29) is 17.0 Å². The minimum Gasteiger partial charge on any atom is -0.494 e. The summed E-state index contributed by atoms with van der Waals surface area (Å²) in [6.45, 7) is 2.50. The van der Waals surface area contributed by atoms with Crippen molar-refractivity contribution in [2.75, 3.05) is 11.9 Å². The lowest BCUT2D eigenvalue weighted by Crippen LogP contribution is -2.20. The van der Waals surface area contributed by atoms with E-state index in [0.29, 0.717) is 17.9 Å². The summed E-state index contributed by atoms with van der Waals surface area (Å²) in [6, 6.07) is 20.5. The molecule has 134 valence electrons. The first-order valence-electron chi connectivity index (χ1n) is 8.70. The SMILES string of the molecule is CCOc1ccc(NC(=O)c2cc3c(ccc4ccccc43)oc2=N)cc1. The molecule has 4 aromatic rings. The topological polar surface area (TPSA) is 75.3 Å². The smallest absolute Gasteiger partial charge is 0.261 e. The average Bonchev–Trinajstić information content (AvgIpc) is 2.69. The van der Waals surface area contributed by atoms with Crippen molar-refractivity contribution in [2.24, 2.45) is 0 Å². The highest BCUT2D eigenvalue weighted by Gasteiger charge is 2.13. The predicted molar refractivity (Wildman–Crippen MR) is 105 cm³/mol. The summed E-state index contributed by atoms with van der Waals surface area (Å²) in [5.74, 6) is 0.353. The number of carbonyl (C=O) groups is 1. The molecule has 27 heavy (non-hydrogen) atoms. The van der Waals surface area contributed by atoms with Crippen LogP contribution in [0, 0.1) is 5.41 Å². The lowest BCUT2D eigenvalue weighted by Gasteiger charge is -2.09. The van der Waals surface area contributed by atoms with E-state index < -0.39 is 0 Å². The third-order valence-corrected chi connectivity index (χ3v) is 4.34. The largest absolute Gasteiger partial charge is 0.494 e. The van der Waals surface area contributed by atoms with Gasteiger partial charge in [-0.15, -0.1) is 0 Å². The number of hydrogen-bond donors (Lipinski definition) is 2. The molecule has 0 bridgehead atoms. The van der Waals surface area contributed by atoms with E-state index in [1.165, 1.54) is 0 Å². The lowest BCUT2D eigenvalue weighted by atomic mass is 10.0. The van der Waals surface area contributed by atoms with Crippen LogP contribution in [0.25, 0.3) is 21.7 Å². The highest BCUT2D eigenvalue weighted by Crippen LogP contribution is 2.25. The fourth-order valence-corrected chi connectivity index (χ4v) is 3.06. The molecule has 4 rings (SSSR count). The summed E-state index contributed by atoms with van der Waals surface area (Å²) in [4.78, 5) is 12.7. The van der Waals surface area contributed by atoms with Crippen molar-refractivity contribution in [2.45, 2.75) is 6.92 Å². The molecule has 0 radical (unpaired) electrons. The number of amides is 1. The van der Waals surface area contributed by atoms with Gasteiger partial charge in [0.15, 0.2) is 0 Å². The second-order valence-electron chi connectivity index (χ2n) is 6.10. The zero-order chi connectivity index (χ0) is 18.8. The van der Waals surface area contributed by atoms with E-state index in [9.17, 15) is 4.79 Å². The van der Waals surface area contributed by atoms with Crippen LogP contribution in [-0.2, 0) is 0 Å². The maximum Gasteiger partial charge on any atom is 0.261 e. The van der Waals surface area contributed by atoms with Crippen molar-refractivity contribution in [1.29, 1.82) is 5.41 Å². The Kier molecular flexibility index (Phi) is 4.34. The monoisotopic (exact) mass is 358 g/mol. The number of nitrogens with one attached hydrogen (secondary N) is 2. The maximum atomic E-state index is 12.7. The van der Waals surface area contributed by atoms with Gasteiger partial charge in [-0.2, -0.15) is 0 Å². The van der Waals surface area contributed by atoms with Gasteiger partial charge in [-0.05, 0) is 54.1 Å². The van der Waals surface area contributed by atoms with Crippen LogP contribution < -0.4 is 15.6 Å². The third-order valence-electron chi connectivity index (χ3n) is 4.34. The summed E-state index contributed by atoms with van der Waals surface area (Å²) < 4.78 is 11.0. The molecule has 0 aliphatic carbocycles. The van der Waals surface area contributed by atoms with Crippen LogP contribution in [0.1, 0.15) is 17.3 Å². The number of fused-ring (bicyclic) bond motifs is 3. The van der Waals surface area contributed by atoms with Crippen LogP contribution >= 0.6 is 0 Å². The first-order chi connectivity index (χ1) is 13.2. The Morgan fingerprint density at radius 1 is 1.04 bits per heavy atom. The van der Waals surface area contributed by atoms with E-state index in [0.717, 1.165) is 21.9 Å². The zero-order valence-electron chi connectivity index (χ0n) is 14.8. The van der Waals surface area contributed by atoms with Crippen LogP contribution in [0.5, 0.6) is 5.75 Å². The standard InChI is InChI=1S/C22H18N2O3/c1-2-26-16-10-8-15(9-11-16)24-22(25)19-13-18-17-6-4-3-5-14(17)7-12-20(18)27-21(19)23/h3-13,23H,2H2,1H3,(H,24,25).